The number of likely N-dealkylation sites (tertiary alicyclic amines) is 1. The van der Waals surface area contributed by atoms with Gasteiger partial charge in [-0.2, -0.15) is 5.10 Å². The van der Waals surface area contributed by atoms with E-state index in [1.807, 2.05) is 31.2 Å². The van der Waals surface area contributed by atoms with E-state index < -0.39 is 0 Å². The van der Waals surface area contributed by atoms with E-state index in [9.17, 15) is 4.79 Å². The Morgan fingerprint density at radius 1 is 1.18 bits per heavy atom. The molecule has 1 amide bonds. The van der Waals surface area contributed by atoms with E-state index in [4.69, 9.17) is 21.1 Å². The lowest BCUT2D eigenvalue weighted by Gasteiger charge is -2.31. The minimum absolute atomic E-state index is 0.0411. The molecule has 1 aliphatic heterocycles. The number of ether oxygens (including phenoxy) is 2. The molecule has 2 aromatic carbocycles. The number of piperidine rings is 1. The second-order valence-electron chi connectivity index (χ2n) is 8.25. The van der Waals surface area contributed by atoms with Gasteiger partial charge in [-0.3, -0.25) is 4.79 Å². The van der Waals surface area contributed by atoms with Crippen molar-refractivity contribution in [2.45, 2.75) is 25.9 Å². The van der Waals surface area contributed by atoms with Crippen molar-refractivity contribution < 1.29 is 14.3 Å². The molecule has 0 spiro atoms. The van der Waals surface area contributed by atoms with Crippen LogP contribution in [0.2, 0.25) is 5.02 Å². The van der Waals surface area contributed by atoms with Gasteiger partial charge in [0.1, 0.15) is 12.4 Å². The third-order valence-electron chi connectivity index (χ3n) is 6.20. The van der Waals surface area contributed by atoms with Crippen LogP contribution in [-0.2, 0) is 4.79 Å². The zero-order chi connectivity index (χ0) is 23.8. The van der Waals surface area contributed by atoms with E-state index in [-0.39, 0.29) is 12.0 Å². The van der Waals surface area contributed by atoms with E-state index in [0.29, 0.717) is 40.9 Å². The fraction of sp³-hybridized carbons (Fsp3) is 0.280. The largest absolute Gasteiger partial charge is 0.493 e. The van der Waals surface area contributed by atoms with Gasteiger partial charge in [-0.1, -0.05) is 24.2 Å². The zero-order valence-corrected chi connectivity index (χ0v) is 19.7. The number of methoxy groups -OCH3 is 1. The molecule has 0 aliphatic carbocycles. The molecular weight excluding hydrogens is 454 g/mol. The van der Waals surface area contributed by atoms with E-state index >= 15 is 0 Å². The molecule has 0 saturated carbocycles. The Bertz CT molecular complexity index is 1410. The third-order valence-corrected chi connectivity index (χ3v) is 6.70. The quantitative estimate of drug-likeness (QED) is 0.394. The standard InChI is InChI=1S/C25H24ClN5O3/c1-4-23(32)30-9-7-16(8-10-30)34-22-11-17-19(12-21(22)33-3)27-14-28-25(17)31-20-6-5-15(2)24(26)18(20)13-29-31/h4-6,11-14,16H,1,7-10H2,2-3H3. The van der Waals surface area contributed by atoms with Gasteiger partial charge in [0.15, 0.2) is 17.3 Å². The predicted octanol–water partition coefficient (Wildman–Crippen LogP) is 4.49. The maximum absolute atomic E-state index is 11.9. The molecule has 5 rings (SSSR count). The Balaban J connectivity index is 1.53. The van der Waals surface area contributed by atoms with Gasteiger partial charge in [-0.25, -0.2) is 14.6 Å². The van der Waals surface area contributed by atoms with Crippen LogP contribution in [-0.4, -0.2) is 56.9 Å². The van der Waals surface area contributed by atoms with Crippen molar-refractivity contribution in [1.29, 1.82) is 0 Å². The van der Waals surface area contributed by atoms with Crippen LogP contribution < -0.4 is 9.47 Å². The van der Waals surface area contributed by atoms with Gasteiger partial charge in [0.25, 0.3) is 0 Å². The third kappa shape index (κ3) is 3.84. The highest BCUT2D eigenvalue weighted by Crippen LogP contribution is 2.36. The number of carbonyl (C=O) groups is 1. The normalized spacial score (nSPS) is 14.5. The van der Waals surface area contributed by atoms with E-state index in [1.165, 1.54) is 12.4 Å². The first-order chi connectivity index (χ1) is 16.5. The first kappa shape index (κ1) is 22.2. The van der Waals surface area contributed by atoms with Crippen LogP contribution in [0.4, 0.5) is 0 Å². The van der Waals surface area contributed by atoms with Crippen LogP contribution in [0.5, 0.6) is 11.5 Å². The van der Waals surface area contributed by atoms with Crippen molar-refractivity contribution in [1.82, 2.24) is 24.6 Å². The fourth-order valence-corrected chi connectivity index (χ4v) is 4.53. The van der Waals surface area contributed by atoms with Gasteiger partial charge < -0.3 is 14.4 Å². The highest BCUT2D eigenvalue weighted by atomic mass is 35.5. The lowest BCUT2D eigenvalue weighted by Crippen LogP contribution is -2.41. The van der Waals surface area contributed by atoms with Crippen LogP contribution >= 0.6 is 11.6 Å². The number of nitrogens with zero attached hydrogens (tertiary/aromatic N) is 5. The summed E-state index contributed by atoms with van der Waals surface area (Å²) in [6.07, 6.45) is 6.01. The lowest BCUT2D eigenvalue weighted by atomic mass is 10.1. The van der Waals surface area contributed by atoms with Gasteiger partial charge in [-0.05, 0) is 30.7 Å². The van der Waals surface area contributed by atoms with Crippen molar-refractivity contribution in [3.63, 3.8) is 0 Å². The summed E-state index contributed by atoms with van der Waals surface area (Å²) in [4.78, 5) is 22.6. The number of amides is 1. The van der Waals surface area contributed by atoms with Gasteiger partial charge in [0.2, 0.25) is 5.91 Å². The summed E-state index contributed by atoms with van der Waals surface area (Å²) in [5, 5.41) is 6.88. The molecule has 1 saturated heterocycles. The summed E-state index contributed by atoms with van der Waals surface area (Å²) in [6, 6.07) is 7.69. The van der Waals surface area contributed by atoms with Gasteiger partial charge in [0.05, 0.1) is 29.4 Å². The number of fused-ring (bicyclic) bond motifs is 2. The number of benzene rings is 2. The van der Waals surface area contributed by atoms with Gasteiger partial charge in [-0.15, -0.1) is 0 Å². The molecule has 2 aromatic heterocycles. The first-order valence-corrected chi connectivity index (χ1v) is 11.4. The molecule has 3 heterocycles. The maximum atomic E-state index is 11.9. The number of rotatable bonds is 5. The molecule has 4 aromatic rings. The van der Waals surface area contributed by atoms with E-state index in [0.717, 1.165) is 34.7 Å². The number of aromatic nitrogens is 4. The predicted molar refractivity (Wildman–Crippen MR) is 131 cm³/mol. The summed E-state index contributed by atoms with van der Waals surface area (Å²) in [5.74, 6) is 1.76. The molecule has 34 heavy (non-hydrogen) atoms. The number of halogens is 1. The summed E-state index contributed by atoms with van der Waals surface area (Å²) in [6.45, 7) is 6.78. The summed E-state index contributed by atoms with van der Waals surface area (Å²) < 4.78 is 13.7. The number of hydrogen-bond acceptors (Lipinski definition) is 6. The smallest absolute Gasteiger partial charge is 0.245 e. The Kier molecular flexibility index (Phi) is 5.83. The van der Waals surface area contributed by atoms with Crippen LogP contribution in [0.1, 0.15) is 18.4 Å². The van der Waals surface area contributed by atoms with Crippen molar-refractivity contribution in [2.24, 2.45) is 0 Å². The van der Waals surface area contributed by atoms with E-state index in [1.54, 1.807) is 22.9 Å². The highest BCUT2D eigenvalue weighted by Gasteiger charge is 2.24. The van der Waals surface area contributed by atoms with Gasteiger partial charge in [0, 0.05) is 42.8 Å². The first-order valence-electron chi connectivity index (χ1n) is 11.0. The minimum Gasteiger partial charge on any atom is -0.493 e. The molecule has 1 aliphatic rings. The molecule has 0 atom stereocenters. The van der Waals surface area contributed by atoms with Crippen LogP contribution in [0.25, 0.3) is 27.6 Å². The molecule has 0 N–H and O–H groups in total. The van der Waals surface area contributed by atoms with Crippen LogP contribution in [0.15, 0.2) is 49.4 Å². The molecule has 0 radical (unpaired) electrons. The van der Waals surface area contributed by atoms with E-state index in [2.05, 4.69) is 21.6 Å². The average molecular weight is 478 g/mol. The fourth-order valence-electron chi connectivity index (χ4n) is 4.32. The monoisotopic (exact) mass is 477 g/mol. The maximum Gasteiger partial charge on any atom is 0.245 e. The SMILES string of the molecule is C=CC(=O)N1CCC(Oc2cc3c(-n4ncc5c(Cl)c(C)ccc54)ncnc3cc2OC)CC1. The van der Waals surface area contributed by atoms with Crippen molar-refractivity contribution in [3.8, 4) is 17.3 Å². The highest BCUT2D eigenvalue weighted by molar-refractivity contribution is 6.36. The molecular formula is C25H24ClN5O3. The van der Waals surface area contributed by atoms with Crippen LogP contribution in [0, 0.1) is 6.92 Å². The molecule has 174 valence electrons. The zero-order valence-electron chi connectivity index (χ0n) is 19.0. The van der Waals surface area contributed by atoms with Gasteiger partial charge >= 0.3 is 0 Å². The number of hydrogen-bond donors (Lipinski definition) is 0. The molecule has 1 fully saturated rings. The Morgan fingerprint density at radius 3 is 2.71 bits per heavy atom. The molecule has 8 nitrogen and oxygen atoms in total. The molecule has 0 bridgehead atoms. The van der Waals surface area contributed by atoms with Crippen molar-refractivity contribution in [2.75, 3.05) is 20.2 Å². The Hall–Kier alpha value is -3.65. The summed E-state index contributed by atoms with van der Waals surface area (Å²) >= 11 is 6.50. The number of carbonyl (C=O) groups excluding carboxylic acids is 1. The number of aryl methyl sites for hydroxylation is 1. The second-order valence-corrected chi connectivity index (χ2v) is 8.63. The summed E-state index contributed by atoms with van der Waals surface area (Å²) in [5.41, 5.74) is 2.55. The second kappa shape index (κ2) is 8.95. The topological polar surface area (TPSA) is 82.4 Å². The molecule has 9 heteroatoms. The van der Waals surface area contributed by atoms with Crippen LogP contribution in [0.3, 0.4) is 0 Å². The average Bonchev–Trinajstić information content (AvgIpc) is 3.30. The summed E-state index contributed by atoms with van der Waals surface area (Å²) in [7, 11) is 1.60. The minimum atomic E-state index is -0.0507. The van der Waals surface area contributed by atoms with Crippen molar-refractivity contribution in [3.05, 3.63) is 60.0 Å². The Labute approximate surface area is 201 Å². The molecule has 0 unspecified atom stereocenters. The van der Waals surface area contributed by atoms with Crippen molar-refractivity contribution >= 4 is 39.3 Å². The Morgan fingerprint density at radius 2 is 1.97 bits per heavy atom. The lowest BCUT2D eigenvalue weighted by molar-refractivity contribution is -0.127.